The Bertz CT molecular complexity index is 871. The van der Waals surface area contributed by atoms with Gasteiger partial charge in [0.15, 0.2) is 5.78 Å². The molecular weight excluding hydrogens is 377 g/mol. The maximum Gasteiger partial charge on any atom is 0.394 e. The van der Waals surface area contributed by atoms with Crippen LogP contribution in [0.1, 0.15) is 36.3 Å². The van der Waals surface area contributed by atoms with Crippen molar-refractivity contribution in [3.63, 3.8) is 0 Å². The van der Waals surface area contributed by atoms with E-state index in [-0.39, 0.29) is 44.4 Å². The average Bonchev–Trinajstić information content (AvgIpc) is 3.27. The van der Waals surface area contributed by atoms with Crippen molar-refractivity contribution >= 4 is 33.2 Å². The number of benzene rings is 1. The van der Waals surface area contributed by atoms with Gasteiger partial charge in [0.25, 0.3) is 0 Å². The third kappa shape index (κ3) is 4.48. The molecule has 1 aliphatic rings. The summed E-state index contributed by atoms with van der Waals surface area (Å²) >= 11 is 1.44. The Morgan fingerprint density at radius 2 is 2.00 bits per heavy atom. The van der Waals surface area contributed by atoms with Crippen LogP contribution in [-0.2, 0) is 16.0 Å². The minimum absolute atomic E-state index is 0.0868. The van der Waals surface area contributed by atoms with E-state index in [0.29, 0.717) is 5.01 Å². The van der Waals surface area contributed by atoms with Gasteiger partial charge in [-0.1, -0.05) is 6.07 Å². The zero-order valence-electron chi connectivity index (χ0n) is 15.2. The van der Waals surface area contributed by atoms with Crippen molar-refractivity contribution in [2.75, 3.05) is 13.6 Å². The minimum Gasteiger partial charge on any atom is -0.338 e. The predicted molar refractivity (Wildman–Crippen MR) is 97.7 cm³/mol. The first-order valence-corrected chi connectivity index (χ1v) is 9.60. The van der Waals surface area contributed by atoms with Crippen molar-refractivity contribution in [1.82, 2.24) is 9.88 Å². The topological polar surface area (TPSA) is 50.3 Å². The second-order valence-corrected chi connectivity index (χ2v) is 8.44. The molecule has 0 radical (unpaired) electrons. The van der Waals surface area contributed by atoms with Crippen LogP contribution in [0, 0.1) is 12.3 Å². The molecule has 0 spiro atoms. The number of thiazole rings is 1. The van der Waals surface area contributed by atoms with Crippen LogP contribution >= 0.6 is 11.3 Å². The number of aryl methyl sites for hydroxylation is 1. The summed E-state index contributed by atoms with van der Waals surface area (Å²) in [5.74, 6) is -0.614. The summed E-state index contributed by atoms with van der Waals surface area (Å²) in [6.45, 7) is 1.86. The zero-order chi connectivity index (χ0) is 19.8. The average molecular weight is 398 g/mol. The maximum absolute atomic E-state index is 12.9. The number of carbonyl (C=O) groups is 2. The first kappa shape index (κ1) is 19.8. The van der Waals surface area contributed by atoms with E-state index in [9.17, 15) is 22.8 Å². The number of amides is 1. The monoisotopic (exact) mass is 398 g/mol. The number of likely N-dealkylation sites (N-methyl/N-ethyl adjacent to an activating group) is 1. The molecule has 3 rings (SSSR count). The van der Waals surface area contributed by atoms with E-state index in [1.807, 2.05) is 25.1 Å². The fourth-order valence-corrected chi connectivity index (χ4v) is 4.19. The summed E-state index contributed by atoms with van der Waals surface area (Å²) in [5.41, 5.74) is 0.258. The van der Waals surface area contributed by atoms with Gasteiger partial charge in [0, 0.05) is 13.5 Å². The van der Waals surface area contributed by atoms with Gasteiger partial charge in [-0.3, -0.25) is 9.59 Å². The van der Waals surface area contributed by atoms with Crippen molar-refractivity contribution in [1.29, 1.82) is 0 Å². The molecule has 1 saturated carbocycles. The largest absolute Gasteiger partial charge is 0.394 e. The third-order valence-corrected chi connectivity index (χ3v) is 6.07. The maximum atomic E-state index is 12.9. The number of halogens is 3. The lowest BCUT2D eigenvalue weighted by Crippen LogP contribution is -2.34. The van der Waals surface area contributed by atoms with Gasteiger partial charge in [-0.2, -0.15) is 13.2 Å². The van der Waals surface area contributed by atoms with Gasteiger partial charge in [0.2, 0.25) is 5.91 Å². The van der Waals surface area contributed by atoms with E-state index in [1.165, 1.54) is 23.3 Å². The highest BCUT2D eigenvalue weighted by molar-refractivity contribution is 7.18. The van der Waals surface area contributed by atoms with Gasteiger partial charge >= 0.3 is 6.18 Å². The summed E-state index contributed by atoms with van der Waals surface area (Å²) in [5, 5.41) is 0.676. The lowest BCUT2D eigenvalue weighted by atomic mass is 9.99. The van der Waals surface area contributed by atoms with Crippen LogP contribution in [0.3, 0.4) is 0 Å². The quantitative estimate of drug-likeness (QED) is 0.699. The Morgan fingerprint density at radius 1 is 1.30 bits per heavy atom. The van der Waals surface area contributed by atoms with Crippen LogP contribution in [0.2, 0.25) is 0 Å². The number of carbonyl (C=O) groups excluding carboxylic acids is 2. The van der Waals surface area contributed by atoms with Gasteiger partial charge in [0.1, 0.15) is 5.01 Å². The van der Waals surface area contributed by atoms with Crippen molar-refractivity contribution < 1.29 is 22.8 Å². The summed E-state index contributed by atoms with van der Waals surface area (Å²) in [7, 11) is 1.45. The SMILES string of the molecule is Cc1ccc2nc(CC(=O)CN(C)C(=O)CCC3(C(F)(F)F)CC3)sc2c1. The van der Waals surface area contributed by atoms with Crippen LogP contribution in [0.5, 0.6) is 0 Å². The predicted octanol–water partition coefficient (Wildman–Crippen LogP) is 4.30. The molecule has 1 aromatic carbocycles. The molecule has 146 valence electrons. The molecule has 2 aromatic rings. The number of hydrogen-bond donors (Lipinski definition) is 0. The molecule has 0 atom stereocenters. The first-order chi connectivity index (χ1) is 12.6. The summed E-state index contributed by atoms with van der Waals surface area (Å²) in [6.07, 6.45) is -4.36. The fourth-order valence-electron chi connectivity index (χ4n) is 3.10. The van der Waals surface area contributed by atoms with Crippen molar-refractivity contribution in [3.8, 4) is 0 Å². The number of ketones is 1. The summed E-state index contributed by atoms with van der Waals surface area (Å²) in [4.78, 5) is 30.0. The Kier molecular flexibility index (Phi) is 5.29. The molecule has 1 fully saturated rings. The van der Waals surface area contributed by atoms with E-state index in [4.69, 9.17) is 0 Å². The molecule has 0 bridgehead atoms. The number of alkyl halides is 3. The molecule has 27 heavy (non-hydrogen) atoms. The lowest BCUT2D eigenvalue weighted by molar-refractivity contribution is -0.189. The zero-order valence-corrected chi connectivity index (χ0v) is 16.0. The number of fused-ring (bicyclic) bond motifs is 1. The smallest absolute Gasteiger partial charge is 0.338 e. The van der Waals surface area contributed by atoms with Gasteiger partial charge in [-0.25, -0.2) is 4.98 Å². The van der Waals surface area contributed by atoms with Gasteiger partial charge in [0.05, 0.1) is 28.6 Å². The molecule has 4 nitrogen and oxygen atoms in total. The molecule has 1 aliphatic carbocycles. The van der Waals surface area contributed by atoms with E-state index in [2.05, 4.69) is 4.98 Å². The van der Waals surface area contributed by atoms with Crippen molar-refractivity contribution in [2.24, 2.45) is 5.41 Å². The molecule has 1 heterocycles. The highest BCUT2D eigenvalue weighted by Crippen LogP contribution is 2.60. The minimum atomic E-state index is -4.26. The standard InChI is InChI=1S/C19H21F3N2O2S/c1-12-3-4-14-15(9-12)27-16(23-14)10-13(25)11-24(2)17(26)5-6-18(7-8-18)19(20,21)22/h3-4,9H,5-8,10-11H2,1-2H3. The van der Waals surface area contributed by atoms with Crippen LogP contribution in [-0.4, -0.2) is 41.3 Å². The van der Waals surface area contributed by atoms with Crippen LogP contribution < -0.4 is 0 Å². The molecule has 0 saturated heterocycles. The highest BCUT2D eigenvalue weighted by atomic mass is 32.1. The number of nitrogens with zero attached hydrogens (tertiary/aromatic N) is 2. The molecular formula is C19H21F3N2O2S. The molecule has 0 unspecified atom stereocenters. The number of Topliss-reactive ketones (excluding diaryl/α,β-unsaturated/α-hetero) is 1. The van der Waals surface area contributed by atoms with Gasteiger partial charge < -0.3 is 4.90 Å². The number of rotatable bonds is 7. The third-order valence-electron chi connectivity index (χ3n) is 5.05. The number of hydrogen-bond acceptors (Lipinski definition) is 4. The Hall–Kier alpha value is -1.96. The van der Waals surface area contributed by atoms with Gasteiger partial charge in [-0.15, -0.1) is 11.3 Å². The number of aromatic nitrogens is 1. The van der Waals surface area contributed by atoms with E-state index < -0.39 is 17.5 Å². The molecule has 8 heteroatoms. The molecule has 1 aromatic heterocycles. The van der Waals surface area contributed by atoms with Crippen LogP contribution in [0.15, 0.2) is 18.2 Å². The second-order valence-electron chi connectivity index (χ2n) is 7.32. The van der Waals surface area contributed by atoms with Crippen LogP contribution in [0.25, 0.3) is 10.2 Å². The Labute approximate surface area is 159 Å². The van der Waals surface area contributed by atoms with Crippen LogP contribution in [0.4, 0.5) is 13.2 Å². The second kappa shape index (κ2) is 7.22. The van der Waals surface area contributed by atoms with Crippen molar-refractivity contribution in [2.45, 2.75) is 45.2 Å². The van der Waals surface area contributed by atoms with E-state index in [1.54, 1.807) is 0 Å². The molecule has 0 aliphatic heterocycles. The normalized spacial score (nSPS) is 15.7. The first-order valence-electron chi connectivity index (χ1n) is 8.78. The fraction of sp³-hybridized carbons (Fsp3) is 0.526. The Balaban J connectivity index is 1.51. The molecule has 0 N–H and O–H groups in total. The van der Waals surface area contributed by atoms with E-state index in [0.717, 1.165) is 15.8 Å². The Morgan fingerprint density at radius 3 is 2.63 bits per heavy atom. The summed E-state index contributed by atoms with van der Waals surface area (Å²) in [6, 6.07) is 5.86. The highest BCUT2D eigenvalue weighted by Gasteiger charge is 2.62. The van der Waals surface area contributed by atoms with Gasteiger partial charge in [-0.05, 0) is 43.9 Å². The van der Waals surface area contributed by atoms with E-state index >= 15 is 0 Å². The molecule has 1 amide bonds. The summed E-state index contributed by atoms with van der Waals surface area (Å²) < 4.78 is 39.8. The lowest BCUT2D eigenvalue weighted by Gasteiger charge is -2.21. The van der Waals surface area contributed by atoms with Crippen molar-refractivity contribution in [3.05, 3.63) is 28.8 Å².